The largest absolute Gasteiger partial charge is 0.254 e. The number of fused-ring (bicyclic) bond motifs is 6. The third-order valence-corrected chi connectivity index (χ3v) is 9.82. The number of rotatable bonds is 5. The topological polar surface area (TPSA) is 43.1 Å². The second kappa shape index (κ2) is 11.9. The summed E-state index contributed by atoms with van der Waals surface area (Å²) in [5.41, 5.74) is 13.7. The SMILES string of the molecule is c1ccc(-c2nn3c(-c4ccccc4)cc4cc(-c5cccc(-c6ccc7ccc8cccnc8c7n6)c5)ccc4c3c2-c2ccccc2)cc1. The Morgan fingerprint density at radius 3 is 1.84 bits per heavy atom. The van der Waals surface area contributed by atoms with Crippen molar-refractivity contribution in [2.45, 2.75) is 0 Å². The quantitative estimate of drug-likeness (QED) is 0.174. The van der Waals surface area contributed by atoms with Crippen molar-refractivity contribution >= 4 is 38.1 Å². The number of hydrogen-bond donors (Lipinski definition) is 0. The second-order valence-corrected chi connectivity index (χ2v) is 12.9. The van der Waals surface area contributed by atoms with E-state index in [1.54, 1.807) is 0 Å². The first-order valence-electron chi connectivity index (χ1n) is 17.2. The van der Waals surface area contributed by atoms with Gasteiger partial charge >= 0.3 is 0 Å². The molecule has 0 aliphatic rings. The maximum absolute atomic E-state index is 5.36. The lowest BCUT2D eigenvalue weighted by Crippen LogP contribution is -1.96. The molecule has 0 aliphatic carbocycles. The summed E-state index contributed by atoms with van der Waals surface area (Å²) in [6.45, 7) is 0. The molecule has 0 spiro atoms. The van der Waals surface area contributed by atoms with E-state index < -0.39 is 0 Å². The zero-order valence-electron chi connectivity index (χ0n) is 27.6. The highest BCUT2D eigenvalue weighted by molar-refractivity contribution is 6.09. The van der Waals surface area contributed by atoms with Gasteiger partial charge in [-0.25, -0.2) is 9.50 Å². The molecule has 0 saturated heterocycles. The molecule has 0 atom stereocenters. The van der Waals surface area contributed by atoms with E-state index in [0.717, 1.165) is 94.1 Å². The third-order valence-electron chi connectivity index (χ3n) is 9.82. The van der Waals surface area contributed by atoms with Crippen LogP contribution in [0.4, 0.5) is 0 Å². The molecule has 4 aromatic heterocycles. The lowest BCUT2D eigenvalue weighted by atomic mass is 9.94. The molecule has 4 nitrogen and oxygen atoms in total. The Kier molecular flexibility index (Phi) is 6.78. The van der Waals surface area contributed by atoms with Gasteiger partial charge in [-0.15, -0.1) is 0 Å². The van der Waals surface area contributed by atoms with Crippen molar-refractivity contribution in [1.82, 2.24) is 19.6 Å². The van der Waals surface area contributed by atoms with E-state index in [0.29, 0.717) is 0 Å². The molecule has 0 fully saturated rings. The summed E-state index contributed by atoms with van der Waals surface area (Å²) in [5.74, 6) is 0. The Bertz CT molecular complexity index is 2900. The molecule has 4 heteroatoms. The van der Waals surface area contributed by atoms with Gasteiger partial charge in [0.2, 0.25) is 0 Å². The molecule has 0 radical (unpaired) electrons. The van der Waals surface area contributed by atoms with E-state index in [2.05, 4.69) is 179 Å². The number of hydrogen-bond acceptors (Lipinski definition) is 3. The Hall–Kier alpha value is -6.91. The third kappa shape index (κ3) is 4.96. The van der Waals surface area contributed by atoms with Crippen LogP contribution in [0.15, 0.2) is 182 Å². The molecule has 0 amide bonds. The van der Waals surface area contributed by atoms with Gasteiger partial charge in [-0.1, -0.05) is 146 Å². The minimum atomic E-state index is 0.920. The first-order chi connectivity index (χ1) is 25.3. The van der Waals surface area contributed by atoms with Gasteiger partial charge in [-0.3, -0.25) is 4.98 Å². The summed E-state index contributed by atoms with van der Waals surface area (Å²) < 4.78 is 2.15. The normalized spacial score (nSPS) is 11.5. The minimum absolute atomic E-state index is 0.920. The van der Waals surface area contributed by atoms with Crippen LogP contribution < -0.4 is 0 Å². The molecule has 4 heterocycles. The second-order valence-electron chi connectivity index (χ2n) is 12.9. The molecular formula is C47H30N4. The fraction of sp³-hybridized carbons (Fsp3) is 0. The van der Waals surface area contributed by atoms with E-state index in [1.165, 1.54) is 0 Å². The predicted molar refractivity (Wildman–Crippen MR) is 210 cm³/mol. The number of pyridine rings is 3. The van der Waals surface area contributed by atoms with Crippen LogP contribution in [0.3, 0.4) is 0 Å². The van der Waals surface area contributed by atoms with E-state index in [9.17, 15) is 0 Å². The zero-order chi connectivity index (χ0) is 33.7. The Morgan fingerprint density at radius 1 is 0.412 bits per heavy atom. The molecule has 0 N–H and O–H groups in total. The summed E-state index contributed by atoms with van der Waals surface area (Å²) in [4.78, 5) is 9.80. The summed E-state index contributed by atoms with van der Waals surface area (Å²) in [7, 11) is 0. The summed E-state index contributed by atoms with van der Waals surface area (Å²) in [5, 5.41) is 9.84. The van der Waals surface area contributed by atoms with E-state index in [4.69, 9.17) is 10.1 Å². The molecule has 10 rings (SSSR count). The van der Waals surface area contributed by atoms with Crippen molar-refractivity contribution in [1.29, 1.82) is 0 Å². The minimum Gasteiger partial charge on any atom is -0.254 e. The van der Waals surface area contributed by atoms with Gasteiger partial charge in [0.25, 0.3) is 0 Å². The number of aromatic nitrogens is 4. The van der Waals surface area contributed by atoms with Gasteiger partial charge in [0.15, 0.2) is 0 Å². The molecule has 10 aromatic rings. The fourth-order valence-electron chi connectivity index (χ4n) is 7.36. The molecule has 0 unspecified atom stereocenters. The Labute approximate surface area is 295 Å². The predicted octanol–water partition coefficient (Wildman–Crippen LogP) is 11.9. The highest BCUT2D eigenvalue weighted by Crippen LogP contribution is 2.42. The first-order valence-corrected chi connectivity index (χ1v) is 17.2. The molecule has 238 valence electrons. The lowest BCUT2D eigenvalue weighted by molar-refractivity contribution is 0.979. The van der Waals surface area contributed by atoms with E-state index >= 15 is 0 Å². The van der Waals surface area contributed by atoms with Gasteiger partial charge in [0, 0.05) is 44.6 Å². The van der Waals surface area contributed by atoms with Crippen LogP contribution >= 0.6 is 0 Å². The highest BCUT2D eigenvalue weighted by atomic mass is 15.2. The Morgan fingerprint density at radius 2 is 1.06 bits per heavy atom. The molecule has 6 aromatic carbocycles. The monoisotopic (exact) mass is 650 g/mol. The van der Waals surface area contributed by atoms with Gasteiger partial charge in [0.05, 0.1) is 27.9 Å². The van der Waals surface area contributed by atoms with Crippen LogP contribution in [0, 0.1) is 0 Å². The standard InChI is InChI=1S/C47H30N4/c1-4-12-31(13-5-1)42-30-39-29-37(36-18-10-19-38(28-36)41-26-24-35-22-21-34-20-11-27-48-45(34)46(35)49-41)23-25-40(39)47-43(32-14-6-2-7-15-32)44(50-51(42)47)33-16-8-3-9-17-33/h1-30H. The zero-order valence-corrected chi connectivity index (χ0v) is 27.6. The maximum Gasteiger partial charge on any atom is 0.101 e. The molecule has 0 saturated carbocycles. The number of benzene rings is 6. The van der Waals surface area contributed by atoms with Crippen LogP contribution in [0.2, 0.25) is 0 Å². The summed E-state index contributed by atoms with van der Waals surface area (Å²) in [6.07, 6.45) is 1.84. The van der Waals surface area contributed by atoms with E-state index in [-0.39, 0.29) is 0 Å². The van der Waals surface area contributed by atoms with Crippen molar-refractivity contribution in [2.24, 2.45) is 0 Å². The van der Waals surface area contributed by atoms with Crippen molar-refractivity contribution in [2.75, 3.05) is 0 Å². The maximum atomic E-state index is 5.36. The van der Waals surface area contributed by atoms with Crippen LogP contribution in [0.5, 0.6) is 0 Å². The van der Waals surface area contributed by atoms with Crippen molar-refractivity contribution in [3.63, 3.8) is 0 Å². The van der Waals surface area contributed by atoms with Gasteiger partial charge < -0.3 is 0 Å². The lowest BCUT2D eigenvalue weighted by Gasteiger charge is -2.13. The molecular weight excluding hydrogens is 621 g/mol. The van der Waals surface area contributed by atoms with Crippen molar-refractivity contribution in [3.8, 4) is 56.0 Å². The van der Waals surface area contributed by atoms with E-state index in [1.807, 2.05) is 12.3 Å². The highest BCUT2D eigenvalue weighted by Gasteiger charge is 2.21. The van der Waals surface area contributed by atoms with Gasteiger partial charge in [0.1, 0.15) is 5.69 Å². The Balaban J connectivity index is 1.18. The smallest absolute Gasteiger partial charge is 0.101 e. The summed E-state index contributed by atoms with van der Waals surface area (Å²) >= 11 is 0. The van der Waals surface area contributed by atoms with Crippen LogP contribution in [0.1, 0.15) is 0 Å². The van der Waals surface area contributed by atoms with Gasteiger partial charge in [-0.05, 0) is 52.4 Å². The average molecular weight is 651 g/mol. The van der Waals surface area contributed by atoms with Crippen LogP contribution in [-0.4, -0.2) is 19.6 Å². The molecule has 51 heavy (non-hydrogen) atoms. The fourth-order valence-corrected chi connectivity index (χ4v) is 7.36. The van der Waals surface area contributed by atoms with Crippen LogP contribution in [-0.2, 0) is 0 Å². The molecule has 0 bridgehead atoms. The molecule has 0 aliphatic heterocycles. The first kappa shape index (κ1) is 29.0. The van der Waals surface area contributed by atoms with Crippen LogP contribution in [0.25, 0.3) is 94.1 Å². The van der Waals surface area contributed by atoms with Crippen molar-refractivity contribution < 1.29 is 0 Å². The van der Waals surface area contributed by atoms with Crippen molar-refractivity contribution in [3.05, 3.63) is 182 Å². The summed E-state index contributed by atoms with van der Waals surface area (Å²) in [6, 6.07) is 62.0. The average Bonchev–Trinajstić information content (AvgIpc) is 3.62. The van der Waals surface area contributed by atoms with Gasteiger partial charge in [-0.2, -0.15) is 5.10 Å². The number of nitrogens with zero attached hydrogens (tertiary/aromatic N) is 4.